The first-order chi connectivity index (χ1) is 8.17. The van der Waals surface area contributed by atoms with Gasteiger partial charge < -0.3 is 10.6 Å². The standard InChI is InChI=1S/C13H20N2OS/c1-4-15-9-11-6-5-7-12(8-11)17-10(2)13(16)14-3/h5-8,10,15H,4,9H2,1-3H3,(H,14,16). The minimum absolute atomic E-state index is 0.0608. The van der Waals surface area contributed by atoms with Gasteiger partial charge in [0.25, 0.3) is 0 Å². The smallest absolute Gasteiger partial charge is 0.232 e. The van der Waals surface area contributed by atoms with E-state index in [1.165, 1.54) is 5.56 Å². The van der Waals surface area contributed by atoms with Gasteiger partial charge in [-0.15, -0.1) is 11.8 Å². The third kappa shape index (κ3) is 4.79. The van der Waals surface area contributed by atoms with Crippen LogP contribution < -0.4 is 10.6 Å². The van der Waals surface area contributed by atoms with Gasteiger partial charge in [-0.3, -0.25) is 4.79 Å². The van der Waals surface area contributed by atoms with Gasteiger partial charge in [0.2, 0.25) is 5.91 Å². The van der Waals surface area contributed by atoms with Gasteiger partial charge in [-0.1, -0.05) is 19.1 Å². The second-order valence-electron chi connectivity index (χ2n) is 3.80. The van der Waals surface area contributed by atoms with Crippen molar-refractivity contribution in [3.05, 3.63) is 29.8 Å². The van der Waals surface area contributed by atoms with Crippen molar-refractivity contribution in [2.75, 3.05) is 13.6 Å². The van der Waals surface area contributed by atoms with E-state index in [9.17, 15) is 4.79 Å². The van der Waals surface area contributed by atoms with Crippen molar-refractivity contribution in [1.29, 1.82) is 0 Å². The highest BCUT2D eigenvalue weighted by Gasteiger charge is 2.12. The first kappa shape index (κ1) is 14.1. The maximum absolute atomic E-state index is 11.4. The summed E-state index contributed by atoms with van der Waals surface area (Å²) in [6.45, 7) is 5.85. The zero-order chi connectivity index (χ0) is 12.7. The van der Waals surface area contributed by atoms with Crippen LogP contribution >= 0.6 is 11.8 Å². The van der Waals surface area contributed by atoms with Crippen LogP contribution in [0.25, 0.3) is 0 Å². The van der Waals surface area contributed by atoms with Gasteiger partial charge in [-0.25, -0.2) is 0 Å². The average molecular weight is 252 g/mol. The van der Waals surface area contributed by atoms with Crippen molar-refractivity contribution in [2.24, 2.45) is 0 Å². The van der Waals surface area contributed by atoms with Gasteiger partial charge in [0.05, 0.1) is 5.25 Å². The van der Waals surface area contributed by atoms with Crippen molar-refractivity contribution < 1.29 is 4.79 Å². The van der Waals surface area contributed by atoms with Gasteiger partial charge in [-0.2, -0.15) is 0 Å². The van der Waals surface area contributed by atoms with E-state index in [0.29, 0.717) is 0 Å². The molecule has 1 aromatic carbocycles. The Hall–Kier alpha value is -1.00. The lowest BCUT2D eigenvalue weighted by molar-refractivity contribution is -0.119. The minimum Gasteiger partial charge on any atom is -0.358 e. The van der Waals surface area contributed by atoms with Crippen LogP contribution in [0.5, 0.6) is 0 Å². The van der Waals surface area contributed by atoms with Gasteiger partial charge in [0.1, 0.15) is 0 Å². The van der Waals surface area contributed by atoms with E-state index in [2.05, 4.69) is 29.7 Å². The maximum atomic E-state index is 11.4. The molecule has 1 aromatic rings. The molecule has 1 rings (SSSR count). The third-order valence-electron chi connectivity index (χ3n) is 2.41. The van der Waals surface area contributed by atoms with Gasteiger partial charge in [0.15, 0.2) is 0 Å². The monoisotopic (exact) mass is 252 g/mol. The molecule has 94 valence electrons. The Morgan fingerprint density at radius 3 is 2.88 bits per heavy atom. The van der Waals surface area contributed by atoms with Crippen LogP contribution in [0.1, 0.15) is 19.4 Å². The zero-order valence-electron chi connectivity index (χ0n) is 10.6. The van der Waals surface area contributed by atoms with Crippen LogP contribution in [0.4, 0.5) is 0 Å². The molecule has 0 heterocycles. The molecule has 0 aromatic heterocycles. The van der Waals surface area contributed by atoms with Crippen molar-refractivity contribution in [1.82, 2.24) is 10.6 Å². The maximum Gasteiger partial charge on any atom is 0.232 e. The molecular weight excluding hydrogens is 232 g/mol. The molecule has 0 aliphatic heterocycles. The number of carbonyl (C=O) groups excluding carboxylic acids is 1. The van der Waals surface area contributed by atoms with E-state index < -0.39 is 0 Å². The molecule has 0 bridgehead atoms. The largest absolute Gasteiger partial charge is 0.358 e. The normalized spacial score (nSPS) is 12.2. The molecule has 1 unspecified atom stereocenters. The number of nitrogens with one attached hydrogen (secondary N) is 2. The van der Waals surface area contributed by atoms with E-state index in [1.54, 1.807) is 18.8 Å². The molecular formula is C13H20N2OS. The van der Waals surface area contributed by atoms with Crippen LogP contribution in [0.2, 0.25) is 0 Å². The summed E-state index contributed by atoms with van der Waals surface area (Å²) in [4.78, 5) is 12.6. The summed E-state index contributed by atoms with van der Waals surface area (Å²) in [5.41, 5.74) is 1.25. The Morgan fingerprint density at radius 1 is 1.47 bits per heavy atom. The van der Waals surface area contributed by atoms with Crippen molar-refractivity contribution in [3.8, 4) is 0 Å². The molecule has 3 nitrogen and oxygen atoms in total. The number of rotatable bonds is 6. The van der Waals surface area contributed by atoms with Crippen molar-refractivity contribution >= 4 is 17.7 Å². The number of hydrogen-bond acceptors (Lipinski definition) is 3. The highest BCUT2D eigenvalue weighted by atomic mass is 32.2. The number of benzene rings is 1. The molecule has 17 heavy (non-hydrogen) atoms. The fourth-order valence-corrected chi connectivity index (χ4v) is 2.47. The van der Waals surface area contributed by atoms with Crippen LogP contribution in [-0.2, 0) is 11.3 Å². The molecule has 2 N–H and O–H groups in total. The highest BCUT2D eigenvalue weighted by Crippen LogP contribution is 2.24. The number of hydrogen-bond donors (Lipinski definition) is 2. The first-order valence-corrected chi connectivity index (χ1v) is 6.73. The summed E-state index contributed by atoms with van der Waals surface area (Å²) in [5.74, 6) is 0.0621. The van der Waals surface area contributed by atoms with E-state index in [0.717, 1.165) is 18.0 Å². The highest BCUT2D eigenvalue weighted by molar-refractivity contribution is 8.00. The molecule has 0 radical (unpaired) electrons. The zero-order valence-corrected chi connectivity index (χ0v) is 11.4. The van der Waals surface area contributed by atoms with E-state index in [1.807, 2.05) is 19.1 Å². The minimum atomic E-state index is -0.0608. The summed E-state index contributed by atoms with van der Waals surface area (Å²) in [6, 6.07) is 8.30. The SMILES string of the molecule is CCNCc1cccc(SC(C)C(=O)NC)c1. The molecule has 0 saturated heterocycles. The van der Waals surface area contributed by atoms with E-state index >= 15 is 0 Å². The predicted molar refractivity (Wildman–Crippen MR) is 73.2 cm³/mol. The Bertz CT molecular complexity index is 368. The van der Waals surface area contributed by atoms with Crippen LogP contribution in [0.3, 0.4) is 0 Å². The summed E-state index contributed by atoms with van der Waals surface area (Å²) in [7, 11) is 1.67. The molecule has 0 saturated carbocycles. The third-order valence-corrected chi connectivity index (χ3v) is 3.50. The lowest BCUT2D eigenvalue weighted by atomic mass is 10.2. The van der Waals surface area contributed by atoms with Crippen molar-refractivity contribution in [3.63, 3.8) is 0 Å². The summed E-state index contributed by atoms with van der Waals surface area (Å²) in [5, 5.41) is 5.89. The number of amides is 1. The first-order valence-electron chi connectivity index (χ1n) is 5.85. The second-order valence-corrected chi connectivity index (χ2v) is 5.22. The summed E-state index contributed by atoms with van der Waals surface area (Å²) >= 11 is 1.58. The molecule has 0 aliphatic carbocycles. The fraction of sp³-hybridized carbons (Fsp3) is 0.462. The number of thioether (sulfide) groups is 1. The predicted octanol–water partition coefficient (Wildman–Crippen LogP) is 2.02. The Kier molecular flexibility index (Phi) is 6.08. The Labute approximate surface area is 107 Å². The van der Waals surface area contributed by atoms with Gasteiger partial charge in [-0.05, 0) is 31.2 Å². The quantitative estimate of drug-likeness (QED) is 0.761. The van der Waals surface area contributed by atoms with Crippen LogP contribution in [-0.4, -0.2) is 24.7 Å². The number of carbonyl (C=O) groups is 1. The van der Waals surface area contributed by atoms with Crippen LogP contribution in [0.15, 0.2) is 29.2 Å². The van der Waals surface area contributed by atoms with E-state index in [4.69, 9.17) is 0 Å². The lowest BCUT2D eigenvalue weighted by Gasteiger charge is -2.10. The Morgan fingerprint density at radius 2 is 2.24 bits per heavy atom. The molecule has 1 amide bonds. The van der Waals surface area contributed by atoms with Gasteiger partial charge in [0, 0.05) is 18.5 Å². The molecule has 0 fully saturated rings. The van der Waals surface area contributed by atoms with Gasteiger partial charge >= 0.3 is 0 Å². The molecule has 4 heteroatoms. The topological polar surface area (TPSA) is 41.1 Å². The van der Waals surface area contributed by atoms with Crippen LogP contribution in [0, 0.1) is 0 Å². The average Bonchev–Trinajstić information content (AvgIpc) is 2.35. The summed E-state index contributed by atoms with van der Waals surface area (Å²) < 4.78 is 0. The molecule has 0 aliphatic rings. The lowest BCUT2D eigenvalue weighted by Crippen LogP contribution is -2.27. The van der Waals surface area contributed by atoms with Crippen molar-refractivity contribution in [2.45, 2.75) is 30.5 Å². The molecule has 0 spiro atoms. The fourth-order valence-electron chi connectivity index (χ4n) is 1.46. The summed E-state index contributed by atoms with van der Waals surface area (Å²) in [6.07, 6.45) is 0. The molecule has 1 atom stereocenters. The Balaban J connectivity index is 2.62. The second kappa shape index (κ2) is 7.35. The van der Waals surface area contributed by atoms with E-state index in [-0.39, 0.29) is 11.2 Å².